The van der Waals surface area contributed by atoms with Gasteiger partial charge >= 0.3 is 0 Å². The van der Waals surface area contributed by atoms with Crippen molar-refractivity contribution in [2.75, 3.05) is 6.61 Å². The number of ether oxygens (including phenoxy) is 1. The van der Waals surface area contributed by atoms with Crippen molar-refractivity contribution in [3.8, 4) is 5.75 Å². The number of aromatic nitrogens is 2. The van der Waals surface area contributed by atoms with E-state index in [0.29, 0.717) is 21.4 Å². The fraction of sp³-hybridized carbons (Fsp3) is 0.211. The fourth-order valence-electron chi connectivity index (χ4n) is 2.74. The first-order valence-corrected chi connectivity index (χ1v) is 9.28. The molecular weight excluding hydrogens is 403 g/mol. The molecule has 7 nitrogen and oxygen atoms in total. The minimum atomic E-state index is -0.522. The number of amides is 2. The Morgan fingerprint density at radius 3 is 2.61 bits per heavy atom. The molecule has 9 heteroatoms. The zero-order chi connectivity index (χ0) is 20.3. The monoisotopic (exact) mass is 420 g/mol. The number of rotatable bonds is 5. The van der Waals surface area contributed by atoms with Crippen molar-refractivity contribution in [1.82, 2.24) is 20.4 Å². The molecule has 0 bridgehead atoms. The number of hydrogen-bond acceptors (Lipinski definition) is 4. The molecule has 0 unspecified atom stereocenters. The largest absolute Gasteiger partial charge is 0.484 e. The van der Waals surface area contributed by atoms with Gasteiger partial charge in [0, 0.05) is 18.2 Å². The lowest BCUT2D eigenvalue weighted by atomic mass is 10.2. The predicted molar refractivity (Wildman–Crippen MR) is 108 cm³/mol. The maximum atomic E-state index is 12.3. The molecule has 2 amide bonds. The molecule has 1 aromatic heterocycles. The fourth-order valence-corrected chi connectivity index (χ4v) is 3.03. The molecule has 0 radical (unpaired) electrons. The average Bonchev–Trinajstić information content (AvgIpc) is 3.00. The van der Waals surface area contributed by atoms with Gasteiger partial charge in [0.2, 0.25) is 0 Å². The normalized spacial score (nSPS) is 10.7. The number of carbonyl (C=O) groups is 2. The van der Waals surface area contributed by atoms with Crippen LogP contribution in [0.1, 0.15) is 23.1 Å². The molecule has 0 aliphatic heterocycles. The summed E-state index contributed by atoms with van der Waals surface area (Å²) < 4.78 is 7.36. The molecule has 146 valence electrons. The molecule has 0 fully saturated rings. The van der Waals surface area contributed by atoms with Crippen LogP contribution in [-0.4, -0.2) is 28.0 Å². The number of carbonyl (C=O) groups excluding carboxylic acids is 2. The molecule has 2 aromatic carbocycles. The molecule has 0 aliphatic rings. The Morgan fingerprint density at radius 2 is 1.89 bits per heavy atom. The van der Waals surface area contributed by atoms with Gasteiger partial charge in [0.05, 0.1) is 21.1 Å². The molecule has 0 spiro atoms. The standard InChI is InChI=1S/C19H18Cl2N4O3/c1-3-25-11(2)22-16-8-12(4-7-17(16)25)19(27)24-23-18(26)10-28-13-5-6-14(20)15(21)9-13/h4-9H,3,10H2,1-2H3,(H,23,26)(H,24,27). The summed E-state index contributed by atoms with van der Waals surface area (Å²) in [6.45, 7) is 4.45. The molecule has 3 rings (SSSR count). The maximum Gasteiger partial charge on any atom is 0.276 e. The van der Waals surface area contributed by atoms with Crippen molar-refractivity contribution in [3.63, 3.8) is 0 Å². The van der Waals surface area contributed by atoms with Crippen molar-refractivity contribution in [2.45, 2.75) is 20.4 Å². The van der Waals surface area contributed by atoms with Crippen LogP contribution >= 0.6 is 23.2 Å². The summed E-state index contributed by atoms with van der Waals surface area (Å²) in [6, 6.07) is 9.86. The number of fused-ring (bicyclic) bond motifs is 1. The first-order chi connectivity index (χ1) is 13.4. The van der Waals surface area contributed by atoms with E-state index in [2.05, 4.69) is 20.4 Å². The molecule has 0 saturated heterocycles. The topological polar surface area (TPSA) is 85.3 Å². The smallest absolute Gasteiger partial charge is 0.276 e. The van der Waals surface area contributed by atoms with E-state index in [1.165, 1.54) is 6.07 Å². The number of hydrogen-bond donors (Lipinski definition) is 2. The van der Waals surface area contributed by atoms with Gasteiger partial charge in [-0.2, -0.15) is 0 Å². The second kappa shape index (κ2) is 8.50. The van der Waals surface area contributed by atoms with Crippen LogP contribution in [0.4, 0.5) is 0 Å². The van der Waals surface area contributed by atoms with Gasteiger partial charge in [-0.3, -0.25) is 20.4 Å². The molecular formula is C19H18Cl2N4O3. The first-order valence-electron chi connectivity index (χ1n) is 8.53. The Balaban J connectivity index is 1.56. The third-order valence-corrected chi connectivity index (χ3v) is 4.83. The lowest BCUT2D eigenvalue weighted by molar-refractivity contribution is -0.123. The maximum absolute atomic E-state index is 12.3. The zero-order valence-corrected chi connectivity index (χ0v) is 16.8. The lowest BCUT2D eigenvalue weighted by Crippen LogP contribution is -2.43. The summed E-state index contributed by atoms with van der Waals surface area (Å²) in [4.78, 5) is 28.6. The van der Waals surface area contributed by atoms with Crippen molar-refractivity contribution < 1.29 is 14.3 Å². The molecule has 1 heterocycles. The summed E-state index contributed by atoms with van der Waals surface area (Å²) >= 11 is 11.7. The minimum absolute atomic E-state index is 0.294. The highest BCUT2D eigenvalue weighted by atomic mass is 35.5. The summed E-state index contributed by atoms with van der Waals surface area (Å²) in [7, 11) is 0. The molecule has 2 N–H and O–H groups in total. The van der Waals surface area contributed by atoms with E-state index in [0.717, 1.165) is 23.4 Å². The highest BCUT2D eigenvalue weighted by molar-refractivity contribution is 6.42. The SMILES string of the molecule is CCn1c(C)nc2cc(C(=O)NNC(=O)COc3ccc(Cl)c(Cl)c3)ccc21. The number of imidazole rings is 1. The third-order valence-electron chi connectivity index (χ3n) is 4.09. The molecule has 0 saturated carbocycles. The summed E-state index contributed by atoms with van der Waals surface area (Å²) in [5.41, 5.74) is 6.73. The zero-order valence-electron chi connectivity index (χ0n) is 15.3. The van der Waals surface area contributed by atoms with E-state index >= 15 is 0 Å². The van der Waals surface area contributed by atoms with E-state index in [-0.39, 0.29) is 6.61 Å². The van der Waals surface area contributed by atoms with Crippen molar-refractivity contribution in [1.29, 1.82) is 0 Å². The Hall–Kier alpha value is -2.77. The summed E-state index contributed by atoms with van der Waals surface area (Å²) in [5, 5.41) is 0.714. The van der Waals surface area contributed by atoms with Crippen LogP contribution in [0.15, 0.2) is 36.4 Å². The number of benzene rings is 2. The van der Waals surface area contributed by atoms with Crippen LogP contribution in [-0.2, 0) is 11.3 Å². The summed E-state index contributed by atoms with van der Waals surface area (Å²) in [6.07, 6.45) is 0. The second-order valence-corrected chi connectivity index (χ2v) is 6.79. The van der Waals surface area contributed by atoms with E-state index in [1.54, 1.807) is 24.3 Å². The molecule has 0 aliphatic carbocycles. The molecule has 0 atom stereocenters. The van der Waals surface area contributed by atoms with Gasteiger partial charge in [0.15, 0.2) is 6.61 Å². The Labute approximate surface area is 171 Å². The van der Waals surface area contributed by atoms with Gasteiger partial charge in [0.1, 0.15) is 11.6 Å². The van der Waals surface area contributed by atoms with E-state index in [9.17, 15) is 9.59 Å². The Morgan fingerprint density at radius 1 is 1.11 bits per heavy atom. The van der Waals surface area contributed by atoms with E-state index in [1.807, 2.05) is 19.9 Å². The van der Waals surface area contributed by atoms with Crippen LogP contribution < -0.4 is 15.6 Å². The van der Waals surface area contributed by atoms with E-state index < -0.39 is 11.8 Å². The van der Waals surface area contributed by atoms with Crippen LogP contribution in [0.3, 0.4) is 0 Å². The highest BCUT2D eigenvalue weighted by Crippen LogP contribution is 2.26. The number of halogens is 2. The molecule has 3 aromatic rings. The minimum Gasteiger partial charge on any atom is -0.484 e. The number of nitrogens with one attached hydrogen (secondary N) is 2. The number of hydrazine groups is 1. The van der Waals surface area contributed by atoms with Gasteiger partial charge < -0.3 is 9.30 Å². The van der Waals surface area contributed by atoms with Crippen molar-refractivity contribution >= 4 is 46.0 Å². The average molecular weight is 421 g/mol. The van der Waals surface area contributed by atoms with Crippen LogP contribution in [0.2, 0.25) is 10.0 Å². The Bertz CT molecular complexity index is 1050. The molecule has 28 heavy (non-hydrogen) atoms. The number of nitrogens with zero attached hydrogens (tertiary/aromatic N) is 2. The second-order valence-electron chi connectivity index (χ2n) is 5.97. The van der Waals surface area contributed by atoms with Crippen LogP contribution in [0.5, 0.6) is 5.75 Å². The summed E-state index contributed by atoms with van der Waals surface area (Å²) in [5.74, 6) is 0.297. The number of aryl methyl sites for hydroxylation is 2. The van der Waals surface area contributed by atoms with Crippen molar-refractivity contribution in [3.05, 3.63) is 57.8 Å². The lowest BCUT2D eigenvalue weighted by Gasteiger charge is -2.09. The van der Waals surface area contributed by atoms with Crippen LogP contribution in [0, 0.1) is 6.92 Å². The highest BCUT2D eigenvalue weighted by Gasteiger charge is 2.12. The Kier molecular flexibility index (Phi) is 6.06. The van der Waals surface area contributed by atoms with Gasteiger partial charge in [-0.15, -0.1) is 0 Å². The van der Waals surface area contributed by atoms with E-state index in [4.69, 9.17) is 27.9 Å². The predicted octanol–water partition coefficient (Wildman–Crippen LogP) is 3.51. The van der Waals surface area contributed by atoms with Crippen molar-refractivity contribution in [2.24, 2.45) is 0 Å². The quantitative estimate of drug-likeness (QED) is 0.618. The van der Waals surface area contributed by atoms with Gasteiger partial charge in [-0.25, -0.2) is 4.98 Å². The van der Waals surface area contributed by atoms with Gasteiger partial charge in [-0.1, -0.05) is 23.2 Å². The van der Waals surface area contributed by atoms with Gasteiger partial charge in [-0.05, 0) is 44.2 Å². The van der Waals surface area contributed by atoms with Gasteiger partial charge in [0.25, 0.3) is 11.8 Å². The van der Waals surface area contributed by atoms with Crippen LogP contribution in [0.25, 0.3) is 11.0 Å². The first kappa shape index (κ1) is 20.0. The third kappa shape index (κ3) is 4.37.